The Kier molecular flexibility index (Phi) is 4.11. The molecule has 74 valence electrons. The second-order valence-corrected chi connectivity index (χ2v) is 4.28. The van der Waals surface area contributed by atoms with Crippen LogP contribution in [0.3, 0.4) is 0 Å². The summed E-state index contributed by atoms with van der Waals surface area (Å²) in [4.78, 5) is 0. The monoisotopic (exact) mass is 229 g/mol. The Morgan fingerprint density at radius 2 is 2.29 bits per heavy atom. The van der Waals surface area contributed by atoms with E-state index < -0.39 is 5.82 Å². The normalized spacial score (nSPS) is 9.79. The molecule has 0 amide bonds. The average molecular weight is 229 g/mol. The number of thioether (sulfide) groups is 1. The Morgan fingerprint density at radius 3 is 2.86 bits per heavy atom. The molecule has 14 heavy (non-hydrogen) atoms. The van der Waals surface area contributed by atoms with Crippen molar-refractivity contribution in [3.05, 3.63) is 29.1 Å². The summed E-state index contributed by atoms with van der Waals surface area (Å²) in [6.45, 7) is 0. The van der Waals surface area contributed by atoms with E-state index in [0.29, 0.717) is 16.4 Å². The molecule has 2 nitrogen and oxygen atoms in total. The standard InChI is InChI=1S/C9H8FNOS2/c10-8-1-6(3-11)9(12)7(2-8)4-14-5-13/h1-2,12-13H,4-5H2. The molecule has 0 aliphatic rings. The maximum atomic E-state index is 12.9. The number of rotatable bonds is 3. The molecule has 1 aromatic rings. The molecule has 5 heteroatoms. The van der Waals surface area contributed by atoms with Crippen LogP contribution in [0.1, 0.15) is 11.1 Å². The smallest absolute Gasteiger partial charge is 0.137 e. The molecule has 0 heterocycles. The van der Waals surface area contributed by atoms with Crippen molar-refractivity contribution < 1.29 is 9.50 Å². The molecule has 0 saturated heterocycles. The summed E-state index contributed by atoms with van der Waals surface area (Å²) in [5, 5.41) is 18.7. The Hall–Kier alpha value is -0.860. The fourth-order valence-electron chi connectivity index (χ4n) is 1.01. The first kappa shape index (κ1) is 11.2. The highest BCUT2D eigenvalue weighted by molar-refractivity contribution is 8.08. The lowest BCUT2D eigenvalue weighted by molar-refractivity contribution is 0.466. The van der Waals surface area contributed by atoms with Crippen LogP contribution in [-0.4, -0.2) is 10.2 Å². The summed E-state index contributed by atoms with van der Waals surface area (Å²) in [6, 6.07) is 3.98. The molecular formula is C9H8FNOS2. The zero-order valence-corrected chi connectivity index (χ0v) is 8.91. The number of hydrogen-bond acceptors (Lipinski definition) is 4. The van der Waals surface area contributed by atoms with E-state index in [1.165, 1.54) is 17.8 Å². The van der Waals surface area contributed by atoms with E-state index in [1.54, 1.807) is 6.07 Å². The first-order chi connectivity index (χ1) is 6.69. The van der Waals surface area contributed by atoms with Gasteiger partial charge in [-0.2, -0.15) is 17.9 Å². The van der Waals surface area contributed by atoms with Crippen molar-refractivity contribution in [3.8, 4) is 11.8 Å². The third-order valence-corrected chi connectivity index (χ3v) is 2.87. The Bertz CT molecular complexity index is 376. The van der Waals surface area contributed by atoms with Crippen molar-refractivity contribution in [1.82, 2.24) is 0 Å². The van der Waals surface area contributed by atoms with Crippen molar-refractivity contribution >= 4 is 24.4 Å². The van der Waals surface area contributed by atoms with Gasteiger partial charge in [0.25, 0.3) is 0 Å². The summed E-state index contributed by atoms with van der Waals surface area (Å²) >= 11 is 5.41. The molecule has 0 spiro atoms. The van der Waals surface area contributed by atoms with Crippen molar-refractivity contribution in [3.63, 3.8) is 0 Å². The van der Waals surface area contributed by atoms with Crippen molar-refractivity contribution in [2.45, 2.75) is 5.75 Å². The van der Waals surface area contributed by atoms with E-state index in [4.69, 9.17) is 5.26 Å². The lowest BCUT2D eigenvalue weighted by Gasteiger charge is -2.04. The zero-order valence-electron chi connectivity index (χ0n) is 7.20. The number of aromatic hydroxyl groups is 1. The van der Waals surface area contributed by atoms with Gasteiger partial charge >= 0.3 is 0 Å². The van der Waals surface area contributed by atoms with E-state index in [1.807, 2.05) is 0 Å². The van der Waals surface area contributed by atoms with Gasteiger partial charge in [0.2, 0.25) is 0 Å². The quantitative estimate of drug-likeness (QED) is 0.618. The van der Waals surface area contributed by atoms with Crippen LogP contribution < -0.4 is 0 Å². The topological polar surface area (TPSA) is 44.0 Å². The number of thiol groups is 1. The van der Waals surface area contributed by atoms with Crippen LogP contribution >= 0.6 is 24.4 Å². The van der Waals surface area contributed by atoms with E-state index >= 15 is 0 Å². The van der Waals surface area contributed by atoms with Gasteiger partial charge in [-0.1, -0.05) is 0 Å². The Labute approximate surface area is 91.2 Å². The largest absolute Gasteiger partial charge is 0.506 e. The van der Waals surface area contributed by atoms with Crippen molar-refractivity contribution in [2.24, 2.45) is 0 Å². The number of halogens is 1. The van der Waals surface area contributed by atoms with Crippen LogP contribution in [0.2, 0.25) is 0 Å². The number of phenolic OH excluding ortho intramolecular Hbond substituents is 1. The predicted molar refractivity (Wildman–Crippen MR) is 57.9 cm³/mol. The van der Waals surface area contributed by atoms with Gasteiger partial charge < -0.3 is 5.11 Å². The van der Waals surface area contributed by atoms with Gasteiger partial charge in [0.1, 0.15) is 17.6 Å². The minimum atomic E-state index is -0.505. The number of hydrogen-bond donors (Lipinski definition) is 2. The second-order valence-electron chi connectivity index (χ2n) is 2.55. The lowest BCUT2D eigenvalue weighted by Crippen LogP contribution is -1.89. The SMILES string of the molecule is N#Cc1cc(F)cc(CSCS)c1O. The van der Waals surface area contributed by atoms with E-state index in [-0.39, 0.29) is 11.3 Å². The van der Waals surface area contributed by atoms with Crippen molar-refractivity contribution in [2.75, 3.05) is 5.08 Å². The van der Waals surface area contributed by atoms with Crippen LogP contribution in [0.15, 0.2) is 12.1 Å². The lowest BCUT2D eigenvalue weighted by atomic mass is 10.1. The van der Waals surface area contributed by atoms with Gasteiger partial charge in [0.15, 0.2) is 0 Å². The third-order valence-electron chi connectivity index (χ3n) is 1.62. The molecule has 0 unspecified atom stereocenters. The summed E-state index contributed by atoms with van der Waals surface area (Å²) < 4.78 is 12.9. The van der Waals surface area contributed by atoms with E-state index in [2.05, 4.69) is 12.6 Å². The average Bonchev–Trinajstić information content (AvgIpc) is 2.18. The van der Waals surface area contributed by atoms with Gasteiger partial charge in [0, 0.05) is 16.4 Å². The molecule has 0 fully saturated rings. The van der Waals surface area contributed by atoms with Gasteiger partial charge in [0.05, 0.1) is 5.56 Å². The molecule has 1 N–H and O–H groups in total. The maximum Gasteiger partial charge on any atom is 0.137 e. The molecule has 0 aliphatic heterocycles. The van der Waals surface area contributed by atoms with Gasteiger partial charge in [-0.25, -0.2) is 4.39 Å². The molecule has 1 rings (SSSR count). The molecule has 0 bridgehead atoms. The first-order valence-corrected chi connectivity index (χ1v) is 5.58. The van der Waals surface area contributed by atoms with Crippen LogP contribution in [0.4, 0.5) is 4.39 Å². The molecule has 1 aromatic carbocycles. The molecule has 0 aliphatic carbocycles. The van der Waals surface area contributed by atoms with Gasteiger partial charge in [-0.15, -0.1) is 11.8 Å². The van der Waals surface area contributed by atoms with Gasteiger partial charge in [-0.05, 0) is 12.1 Å². The summed E-state index contributed by atoms with van der Waals surface area (Å²) in [5.74, 6) is -0.195. The Morgan fingerprint density at radius 1 is 1.57 bits per heavy atom. The van der Waals surface area contributed by atoms with Crippen LogP contribution in [0, 0.1) is 17.1 Å². The molecule has 0 saturated carbocycles. The predicted octanol–water partition coefficient (Wildman–Crippen LogP) is 2.52. The van der Waals surface area contributed by atoms with Crippen LogP contribution in [0.25, 0.3) is 0 Å². The zero-order chi connectivity index (χ0) is 10.6. The maximum absolute atomic E-state index is 12.9. The summed E-state index contributed by atoms with van der Waals surface area (Å²) in [7, 11) is 0. The third kappa shape index (κ3) is 2.56. The minimum absolute atomic E-state index is 0.0280. The summed E-state index contributed by atoms with van der Waals surface area (Å²) in [6.07, 6.45) is 0. The van der Waals surface area contributed by atoms with Crippen LogP contribution in [0.5, 0.6) is 5.75 Å². The van der Waals surface area contributed by atoms with Crippen LogP contribution in [-0.2, 0) is 5.75 Å². The highest BCUT2D eigenvalue weighted by Gasteiger charge is 2.09. The molecule has 0 aromatic heterocycles. The second kappa shape index (κ2) is 5.13. The van der Waals surface area contributed by atoms with E-state index in [9.17, 15) is 9.50 Å². The molecule has 0 atom stereocenters. The van der Waals surface area contributed by atoms with Crippen molar-refractivity contribution in [1.29, 1.82) is 5.26 Å². The number of benzene rings is 1. The number of nitrogens with zero attached hydrogens (tertiary/aromatic N) is 1. The molecular weight excluding hydrogens is 221 g/mol. The highest BCUT2D eigenvalue weighted by Crippen LogP contribution is 2.27. The highest BCUT2D eigenvalue weighted by atomic mass is 32.2. The number of phenols is 1. The minimum Gasteiger partial charge on any atom is -0.506 e. The summed E-state index contributed by atoms with van der Waals surface area (Å²) in [5.41, 5.74) is 0.403. The fraction of sp³-hybridized carbons (Fsp3) is 0.222. The first-order valence-electron chi connectivity index (χ1n) is 3.79. The van der Waals surface area contributed by atoms with Gasteiger partial charge in [-0.3, -0.25) is 0 Å². The van der Waals surface area contributed by atoms with E-state index in [0.717, 1.165) is 6.07 Å². The Balaban J connectivity index is 3.04. The fourth-order valence-corrected chi connectivity index (χ4v) is 1.81. The molecule has 0 radical (unpaired) electrons. The number of nitriles is 1.